The van der Waals surface area contributed by atoms with Crippen LogP contribution in [-0.2, 0) is 9.62 Å². The summed E-state index contributed by atoms with van der Waals surface area (Å²) in [7, 11) is 9.07. The van der Waals surface area contributed by atoms with Gasteiger partial charge < -0.3 is 28.6 Å². The zero-order valence-corrected chi connectivity index (χ0v) is 14.1. The Morgan fingerprint density at radius 1 is 0.682 bits per heavy atom. The summed E-state index contributed by atoms with van der Waals surface area (Å²) in [5.41, 5.74) is 0.629. The maximum Gasteiger partial charge on any atom is 0.220 e. The van der Waals surface area contributed by atoms with Crippen LogP contribution in [0.3, 0.4) is 0 Å². The molecule has 0 aliphatic carbocycles. The second-order valence-electron chi connectivity index (χ2n) is 4.26. The van der Waals surface area contributed by atoms with E-state index in [1.807, 2.05) is 6.92 Å². The first-order valence-corrected chi connectivity index (χ1v) is 6.78. The van der Waals surface area contributed by atoms with E-state index in [1.165, 1.54) is 35.5 Å². The molecule has 0 aliphatic heterocycles. The van der Waals surface area contributed by atoms with Gasteiger partial charge in [0, 0.05) is 7.11 Å². The minimum Gasteiger partial charge on any atom is -0.492 e. The molecule has 0 radical (unpaired) electrons. The van der Waals surface area contributed by atoms with E-state index < -0.39 is 0 Å². The van der Waals surface area contributed by atoms with Crippen molar-refractivity contribution in [2.45, 2.75) is 19.4 Å². The summed E-state index contributed by atoms with van der Waals surface area (Å²) in [6, 6.07) is 0. The highest BCUT2D eigenvalue weighted by atomic mass is 17.2. The van der Waals surface area contributed by atoms with Gasteiger partial charge in [0.2, 0.25) is 23.0 Å². The number of ether oxygens (including phenoxy) is 5. The van der Waals surface area contributed by atoms with Crippen LogP contribution in [0.5, 0.6) is 28.7 Å². The van der Waals surface area contributed by atoms with E-state index in [9.17, 15) is 0 Å². The van der Waals surface area contributed by atoms with Crippen LogP contribution in [0.4, 0.5) is 0 Å². The molecular weight excluding hydrogens is 292 g/mol. The minimum absolute atomic E-state index is 0.297. The largest absolute Gasteiger partial charge is 0.492 e. The van der Waals surface area contributed by atoms with Gasteiger partial charge >= 0.3 is 0 Å². The molecule has 1 unspecified atom stereocenters. The lowest BCUT2D eigenvalue weighted by Crippen LogP contribution is -2.10. The number of benzene rings is 1. The van der Waals surface area contributed by atoms with E-state index in [0.29, 0.717) is 40.7 Å². The molecule has 0 saturated carbocycles. The van der Waals surface area contributed by atoms with E-state index >= 15 is 0 Å². The normalized spacial score (nSPS) is 11.8. The van der Waals surface area contributed by atoms with Crippen molar-refractivity contribution in [1.82, 2.24) is 0 Å². The lowest BCUT2D eigenvalue weighted by atomic mass is 10.0. The third-order valence-corrected chi connectivity index (χ3v) is 3.27. The highest BCUT2D eigenvalue weighted by molar-refractivity contribution is 5.70. The van der Waals surface area contributed by atoms with Crippen molar-refractivity contribution in [2.24, 2.45) is 0 Å². The maximum atomic E-state index is 5.52. The summed E-state index contributed by atoms with van der Waals surface area (Å²) in [6.45, 7) is 1.98. The standard InChI is InChI=1S/C15H24O7/c1-8-9(16-2)10-11(17-3)13(18-4)15(20-6)14(19-5)12(10)22-21-7/h9H,8H2,1-7H3. The molecule has 126 valence electrons. The fourth-order valence-corrected chi connectivity index (χ4v) is 2.36. The molecule has 22 heavy (non-hydrogen) atoms. The molecule has 0 aliphatic rings. The molecule has 0 saturated heterocycles. The van der Waals surface area contributed by atoms with Gasteiger partial charge in [-0.15, -0.1) is 0 Å². The molecule has 0 spiro atoms. The minimum atomic E-state index is -0.297. The maximum absolute atomic E-state index is 5.52. The van der Waals surface area contributed by atoms with Crippen LogP contribution in [0.2, 0.25) is 0 Å². The van der Waals surface area contributed by atoms with Gasteiger partial charge in [-0.2, -0.15) is 4.89 Å². The molecule has 0 aromatic heterocycles. The van der Waals surface area contributed by atoms with E-state index in [1.54, 1.807) is 7.11 Å². The summed E-state index contributed by atoms with van der Waals surface area (Å²) in [6.07, 6.45) is 0.389. The summed E-state index contributed by atoms with van der Waals surface area (Å²) >= 11 is 0. The molecule has 0 N–H and O–H groups in total. The number of hydrogen-bond acceptors (Lipinski definition) is 7. The van der Waals surface area contributed by atoms with Crippen LogP contribution < -0.4 is 23.8 Å². The predicted octanol–water partition coefficient (Wildman–Crippen LogP) is 2.76. The van der Waals surface area contributed by atoms with Crippen molar-refractivity contribution in [1.29, 1.82) is 0 Å². The van der Waals surface area contributed by atoms with Crippen molar-refractivity contribution in [3.8, 4) is 28.7 Å². The van der Waals surface area contributed by atoms with Crippen LogP contribution in [0.1, 0.15) is 25.0 Å². The van der Waals surface area contributed by atoms with Gasteiger partial charge in [-0.1, -0.05) is 6.92 Å². The third kappa shape index (κ3) is 3.15. The monoisotopic (exact) mass is 316 g/mol. The number of hydrogen-bond donors (Lipinski definition) is 0. The summed E-state index contributed by atoms with van der Waals surface area (Å²) < 4.78 is 27.3. The van der Waals surface area contributed by atoms with Crippen molar-refractivity contribution in [3.05, 3.63) is 5.56 Å². The Bertz CT molecular complexity index is 484. The zero-order valence-electron chi connectivity index (χ0n) is 14.1. The lowest BCUT2D eigenvalue weighted by molar-refractivity contribution is -0.181. The Kier molecular flexibility index (Phi) is 7.07. The van der Waals surface area contributed by atoms with E-state index in [2.05, 4.69) is 0 Å². The van der Waals surface area contributed by atoms with Crippen LogP contribution in [0.15, 0.2) is 0 Å². The second-order valence-corrected chi connectivity index (χ2v) is 4.26. The Balaban J connectivity index is 3.82. The molecule has 7 heteroatoms. The lowest BCUT2D eigenvalue weighted by Gasteiger charge is -2.25. The van der Waals surface area contributed by atoms with Crippen molar-refractivity contribution >= 4 is 0 Å². The van der Waals surface area contributed by atoms with E-state index in [4.69, 9.17) is 33.5 Å². The Hall–Kier alpha value is -1.86. The Morgan fingerprint density at radius 3 is 1.50 bits per heavy atom. The van der Waals surface area contributed by atoms with Crippen LogP contribution in [-0.4, -0.2) is 42.7 Å². The van der Waals surface area contributed by atoms with Gasteiger partial charge in [-0.3, -0.25) is 0 Å². The Labute approximate surface area is 130 Å². The highest BCUT2D eigenvalue weighted by Gasteiger charge is 2.33. The van der Waals surface area contributed by atoms with Crippen molar-refractivity contribution < 1.29 is 33.5 Å². The molecule has 0 fully saturated rings. The molecule has 0 heterocycles. The summed E-state index contributed by atoms with van der Waals surface area (Å²) in [5.74, 6) is 1.86. The highest BCUT2D eigenvalue weighted by Crippen LogP contribution is 2.56. The van der Waals surface area contributed by atoms with Gasteiger partial charge in [0.15, 0.2) is 5.75 Å². The average molecular weight is 316 g/mol. The van der Waals surface area contributed by atoms with Gasteiger partial charge in [0.05, 0.1) is 47.2 Å². The molecule has 1 aromatic carbocycles. The van der Waals surface area contributed by atoms with Crippen LogP contribution in [0, 0.1) is 0 Å². The zero-order chi connectivity index (χ0) is 16.7. The molecule has 1 rings (SSSR count). The van der Waals surface area contributed by atoms with Gasteiger partial charge in [0.25, 0.3) is 0 Å². The van der Waals surface area contributed by atoms with E-state index in [0.717, 1.165) is 0 Å². The fourth-order valence-electron chi connectivity index (χ4n) is 2.36. The van der Waals surface area contributed by atoms with Crippen molar-refractivity contribution in [3.63, 3.8) is 0 Å². The fraction of sp³-hybridized carbons (Fsp3) is 0.600. The summed E-state index contributed by atoms with van der Waals surface area (Å²) in [5, 5.41) is 0. The van der Waals surface area contributed by atoms with Gasteiger partial charge in [0.1, 0.15) is 0 Å². The molecular formula is C15H24O7. The average Bonchev–Trinajstić information content (AvgIpc) is 2.55. The first-order chi connectivity index (χ1) is 10.6. The summed E-state index contributed by atoms with van der Waals surface area (Å²) in [4.78, 5) is 10.1. The predicted molar refractivity (Wildman–Crippen MR) is 80.3 cm³/mol. The molecule has 1 aromatic rings. The molecule has 1 atom stereocenters. The van der Waals surface area contributed by atoms with Gasteiger partial charge in [-0.25, -0.2) is 0 Å². The van der Waals surface area contributed by atoms with Crippen LogP contribution in [0.25, 0.3) is 0 Å². The van der Waals surface area contributed by atoms with Crippen LogP contribution >= 0.6 is 0 Å². The first-order valence-electron chi connectivity index (χ1n) is 6.78. The number of rotatable bonds is 9. The Morgan fingerprint density at radius 2 is 1.14 bits per heavy atom. The quantitative estimate of drug-likeness (QED) is 0.512. The van der Waals surface area contributed by atoms with Crippen molar-refractivity contribution in [2.75, 3.05) is 42.7 Å². The first kappa shape index (κ1) is 18.2. The topological polar surface area (TPSA) is 64.6 Å². The second kappa shape index (κ2) is 8.55. The van der Waals surface area contributed by atoms with Gasteiger partial charge in [-0.05, 0) is 6.42 Å². The van der Waals surface area contributed by atoms with E-state index in [-0.39, 0.29) is 6.10 Å². The SMILES string of the molecule is CCC(OC)c1c(OC)c(OC)c(OC)c(OC)c1OOC. The number of methoxy groups -OCH3 is 5. The molecule has 7 nitrogen and oxygen atoms in total. The molecule has 0 bridgehead atoms. The smallest absolute Gasteiger partial charge is 0.220 e. The third-order valence-electron chi connectivity index (χ3n) is 3.27. The molecule has 0 amide bonds.